The van der Waals surface area contributed by atoms with Crippen molar-refractivity contribution in [2.24, 2.45) is 4.36 Å². The normalized spacial score (nSPS) is 9.07. The van der Waals surface area contributed by atoms with Crippen molar-refractivity contribution in [2.75, 3.05) is 5.32 Å². The van der Waals surface area contributed by atoms with E-state index in [2.05, 4.69) is 16.3 Å². The Morgan fingerprint density at radius 2 is 2.07 bits per heavy atom. The first-order chi connectivity index (χ1) is 7.13. The van der Waals surface area contributed by atoms with Gasteiger partial charge >= 0.3 is 10.5 Å². The Hall–Kier alpha value is -1.95. The zero-order chi connectivity index (χ0) is 11.3. The summed E-state index contributed by atoms with van der Waals surface area (Å²) in [6, 6.07) is 6.31. The molecule has 78 valence electrons. The third-order valence-corrected chi connectivity index (χ3v) is 1.87. The van der Waals surface area contributed by atoms with Crippen molar-refractivity contribution in [3.63, 3.8) is 0 Å². The number of carbonyl (C=O) groups excluding carboxylic acids is 1. The Kier molecular flexibility index (Phi) is 3.75. The van der Waals surface area contributed by atoms with Gasteiger partial charge in [0.2, 0.25) is 5.91 Å². The first-order valence-corrected chi connectivity index (χ1v) is 5.00. The van der Waals surface area contributed by atoms with Gasteiger partial charge in [-0.1, -0.05) is 18.7 Å². The lowest BCUT2D eigenvalue weighted by Crippen LogP contribution is -2.07. The van der Waals surface area contributed by atoms with Crippen molar-refractivity contribution in [2.45, 2.75) is 0 Å². The van der Waals surface area contributed by atoms with E-state index in [1.807, 2.05) is 0 Å². The first kappa shape index (κ1) is 11.1. The second-order valence-corrected chi connectivity index (χ2v) is 3.14. The average molecular weight is 224 g/mol. The average Bonchev–Trinajstić information content (AvgIpc) is 2.20. The molecule has 0 aromatic heterocycles. The second kappa shape index (κ2) is 5.06. The van der Waals surface area contributed by atoms with E-state index in [1.165, 1.54) is 6.07 Å². The van der Waals surface area contributed by atoms with Crippen LogP contribution in [0.3, 0.4) is 0 Å². The van der Waals surface area contributed by atoms with Crippen LogP contribution >= 0.6 is 0 Å². The number of hydrogen-bond acceptors (Lipinski definition) is 4. The third kappa shape index (κ3) is 3.35. The fourth-order valence-corrected chi connectivity index (χ4v) is 1.24. The van der Waals surface area contributed by atoms with Gasteiger partial charge in [0, 0.05) is 0 Å². The minimum Gasteiger partial charge on any atom is -0.321 e. The highest BCUT2D eigenvalue weighted by molar-refractivity contribution is 7.61. The molecule has 0 aliphatic heterocycles. The zero-order valence-corrected chi connectivity index (χ0v) is 8.49. The van der Waals surface area contributed by atoms with E-state index in [1.54, 1.807) is 18.2 Å². The SMILES string of the molecule is C=CC(=O)Nc1ccccc1N=S(=O)=O. The van der Waals surface area contributed by atoms with Gasteiger partial charge in [0.15, 0.2) is 0 Å². The van der Waals surface area contributed by atoms with Crippen molar-refractivity contribution in [3.8, 4) is 0 Å². The summed E-state index contributed by atoms with van der Waals surface area (Å²) in [6.45, 7) is 3.28. The molecule has 0 unspecified atom stereocenters. The van der Waals surface area contributed by atoms with Gasteiger partial charge in [0.25, 0.3) is 0 Å². The molecule has 0 saturated heterocycles. The van der Waals surface area contributed by atoms with Gasteiger partial charge in [-0.15, -0.1) is 4.36 Å². The number of carbonyl (C=O) groups is 1. The van der Waals surface area contributed by atoms with Gasteiger partial charge in [-0.2, -0.15) is 8.42 Å². The van der Waals surface area contributed by atoms with Gasteiger partial charge in [-0.3, -0.25) is 4.79 Å². The molecule has 0 bridgehead atoms. The molecule has 1 aromatic rings. The number of anilines is 1. The van der Waals surface area contributed by atoms with E-state index in [0.29, 0.717) is 5.69 Å². The van der Waals surface area contributed by atoms with Gasteiger partial charge in [0.1, 0.15) is 5.69 Å². The lowest BCUT2D eigenvalue weighted by Gasteiger charge is -2.03. The first-order valence-electron chi connectivity index (χ1n) is 3.97. The summed E-state index contributed by atoms with van der Waals surface area (Å²) in [4.78, 5) is 11.0. The van der Waals surface area contributed by atoms with Crippen LogP contribution in [0.1, 0.15) is 0 Å². The fraction of sp³-hybridized carbons (Fsp3) is 0. The smallest absolute Gasteiger partial charge is 0.316 e. The van der Waals surface area contributed by atoms with Crippen molar-refractivity contribution < 1.29 is 13.2 Å². The van der Waals surface area contributed by atoms with E-state index in [-0.39, 0.29) is 5.69 Å². The second-order valence-electron chi connectivity index (χ2n) is 2.52. The number of hydrogen-bond donors (Lipinski definition) is 1. The Balaban J connectivity index is 3.12. The molecule has 15 heavy (non-hydrogen) atoms. The molecule has 0 fully saturated rings. The molecule has 0 spiro atoms. The number of para-hydroxylation sites is 1. The summed E-state index contributed by atoms with van der Waals surface area (Å²) in [5.41, 5.74) is 0.507. The highest BCUT2D eigenvalue weighted by Crippen LogP contribution is 2.23. The molecular weight excluding hydrogens is 216 g/mol. The molecule has 5 nitrogen and oxygen atoms in total. The molecule has 0 atom stereocenters. The molecule has 6 heteroatoms. The Labute approximate surface area is 88.1 Å². The molecule has 0 aliphatic rings. The van der Waals surface area contributed by atoms with Gasteiger partial charge in [-0.05, 0) is 18.2 Å². The van der Waals surface area contributed by atoms with Crippen molar-refractivity contribution in [1.29, 1.82) is 0 Å². The molecule has 1 amide bonds. The quantitative estimate of drug-likeness (QED) is 0.790. The van der Waals surface area contributed by atoms with Gasteiger partial charge < -0.3 is 5.32 Å². The predicted octanol–water partition coefficient (Wildman–Crippen LogP) is 1.51. The van der Waals surface area contributed by atoms with E-state index in [4.69, 9.17) is 0 Å². The number of nitrogens with zero attached hydrogens (tertiary/aromatic N) is 1. The van der Waals surface area contributed by atoms with E-state index in [9.17, 15) is 13.2 Å². The number of amides is 1. The van der Waals surface area contributed by atoms with Crippen molar-refractivity contribution >= 4 is 27.8 Å². The molecular formula is C9H8N2O3S. The topological polar surface area (TPSA) is 75.6 Å². The van der Waals surface area contributed by atoms with Crippen LogP contribution < -0.4 is 5.32 Å². The van der Waals surface area contributed by atoms with Crippen LogP contribution in [0.4, 0.5) is 11.4 Å². The van der Waals surface area contributed by atoms with Crippen LogP contribution in [-0.2, 0) is 15.3 Å². The summed E-state index contributed by atoms with van der Waals surface area (Å²) in [5.74, 6) is -0.422. The zero-order valence-electron chi connectivity index (χ0n) is 7.67. The molecule has 1 aromatic carbocycles. The third-order valence-electron chi connectivity index (χ3n) is 1.52. The minimum absolute atomic E-state index is 0.182. The van der Waals surface area contributed by atoms with Gasteiger partial charge in [0.05, 0.1) is 5.69 Å². The summed E-state index contributed by atoms with van der Waals surface area (Å²) in [7, 11) is -2.55. The van der Waals surface area contributed by atoms with E-state index in [0.717, 1.165) is 6.08 Å². The lowest BCUT2D eigenvalue weighted by molar-refractivity contribution is -0.111. The number of nitrogens with one attached hydrogen (secondary N) is 1. The van der Waals surface area contributed by atoms with Gasteiger partial charge in [-0.25, -0.2) is 0 Å². The van der Waals surface area contributed by atoms with E-state index >= 15 is 0 Å². The highest BCUT2D eigenvalue weighted by Gasteiger charge is 2.02. The highest BCUT2D eigenvalue weighted by atomic mass is 32.2. The molecule has 0 aliphatic carbocycles. The summed E-state index contributed by atoms with van der Waals surface area (Å²) >= 11 is 0. The van der Waals surface area contributed by atoms with Crippen LogP contribution in [0.5, 0.6) is 0 Å². The Morgan fingerprint density at radius 3 is 2.67 bits per heavy atom. The maximum absolute atomic E-state index is 11.0. The summed E-state index contributed by atoms with van der Waals surface area (Å²) in [5, 5.41) is 2.44. The fourth-order valence-electron chi connectivity index (χ4n) is 0.923. The maximum atomic E-state index is 11.0. The van der Waals surface area contributed by atoms with Crippen LogP contribution in [-0.4, -0.2) is 14.3 Å². The molecule has 0 radical (unpaired) electrons. The van der Waals surface area contributed by atoms with Crippen LogP contribution in [0.2, 0.25) is 0 Å². The molecule has 1 rings (SSSR count). The Morgan fingerprint density at radius 1 is 1.40 bits per heavy atom. The lowest BCUT2D eigenvalue weighted by atomic mass is 10.2. The van der Waals surface area contributed by atoms with Crippen molar-refractivity contribution in [3.05, 3.63) is 36.9 Å². The minimum atomic E-state index is -2.55. The maximum Gasteiger partial charge on any atom is 0.316 e. The largest absolute Gasteiger partial charge is 0.321 e. The standard InChI is InChI=1S/C9H8N2O3S/c1-2-9(12)10-7-5-3-4-6-8(7)11-15(13)14/h2-6H,1H2,(H,10,12). The molecule has 0 heterocycles. The summed E-state index contributed by atoms with van der Waals surface area (Å²) < 4.78 is 24.1. The van der Waals surface area contributed by atoms with Crippen LogP contribution in [0.25, 0.3) is 0 Å². The monoisotopic (exact) mass is 224 g/mol. The van der Waals surface area contributed by atoms with Crippen LogP contribution in [0.15, 0.2) is 41.3 Å². The molecule has 0 saturated carbocycles. The van der Waals surface area contributed by atoms with E-state index < -0.39 is 16.4 Å². The van der Waals surface area contributed by atoms with Crippen LogP contribution in [0, 0.1) is 0 Å². The predicted molar refractivity (Wildman–Crippen MR) is 56.3 cm³/mol. The number of rotatable bonds is 3. The van der Waals surface area contributed by atoms with Crippen molar-refractivity contribution in [1.82, 2.24) is 0 Å². The molecule has 1 N–H and O–H groups in total. The number of benzene rings is 1. The Bertz CT molecular complexity index is 512. The summed E-state index contributed by atoms with van der Waals surface area (Å²) in [6.07, 6.45) is 1.09.